The maximum Gasteiger partial charge on any atom is 0.263 e. The average molecular weight is 339 g/mol. The molecule has 1 unspecified atom stereocenters. The number of piperidine rings is 3. The topological polar surface area (TPSA) is 32.3 Å². The predicted molar refractivity (Wildman–Crippen MR) is 87.2 cm³/mol. The third kappa shape index (κ3) is 2.41. The van der Waals surface area contributed by atoms with Gasteiger partial charge in [-0.15, -0.1) is 11.3 Å². The molecule has 2 bridgehead atoms. The van der Waals surface area contributed by atoms with Crippen molar-refractivity contribution in [2.24, 2.45) is 5.92 Å². The van der Waals surface area contributed by atoms with Crippen LogP contribution in [0.5, 0.6) is 0 Å². The number of fused-ring (bicyclic) bond motifs is 4. The van der Waals surface area contributed by atoms with Crippen LogP contribution in [0, 0.1) is 11.7 Å². The molecule has 4 heterocycles. The van der Waals surface area contributed by atoms with E-state index in [1.165, 1.54) is 23.5 Å². The molecule has 0 spiro atoms. The number of rotatable bonds is 2. The standard InChI is InChI=1S/C16H16ClFN2OS/c17-14-11-2-1-10(18)7-13(11)22-15(14)16(21)19-12-8-20-5-3-9(12)4-6-20/h1-2,7,9,12H,3-6,8H2,(H,19,21). The molecular formula is C16H16ClFN2OS. The first-order chi connectivity index (χ1) is 10.6. The van der Waals surface area contributed by atoms with Crippen LogP contribution in [-0.2, 0) is 0 Å². The second-order valence-corrected chi connectivity index (χ2v) is 7.53. The molecule has 1 aromatic heterocycles. The summed E-state index contributed by atoms with van der Waals surface area (Å²) in [5.41, 5.74) is 0. The number of hydrogen-bond acceptors (Lipinski definition) is 3. The summed E-state index contributed by atoms with van der Waals surface area (Å²) in [6, 6.07) is 4.63. The van der Waals surface area contributed by atoms with E-state index in [4.69, 9.17) is 11.6 Å². The van der Waals surface area contributed by atoms with E-state index in [-0.39, 0.29) is 17.8 Å². The van der Waals surface area contributed by atoms with E-state index in [1.807, 2.05) is 0 Å². The van der Waals surface area contributed by atoms with Crippen molar-refractivity contribution in [3.63, 3.8) is 0 Å². The minimum absolute atomic E-state index is 0.134. The Morgan fingerprint density at radius 3 is 2.82 bits per heavy atom. The van der Waals surface area contributed by atoms with Gasteiger partial charge in [0.25, 0.3) is 5.91 Å². The quantitative estimate of drug-likeness (QED) is 0.908. The molecule has 0 saturated carbocycles. The zero-order chi connectivity index (χ0) is 15.3. The van der Waals surface area contributed by atoms with Gasteiger partial charge in [-0.25, -0.2) is 4.39 Å². The molecule has 1 aromatic carbocycles. The van der Waals surface area contributed by atoms with Crippen LogP contribution in [0.4, 0.5) is 4.39 Å². The van der Waals surface area contributed by atoms with E-state index in [0.717, 1.165) is 37.9 Å². The SMILES string of the molecule is O=C(NC1CN2CCC1CC2)c1sc2cc(F)ccc2c1Cl. The number of nitrogens with zero attached hydrogens (tertiary/aromatic N) is 1. The third-order valence-electron chi connectivity index (χ3n) is 4.77. The summed E-state index contributed by atoms with van der Waals surface area (Å²) >= 11 is 7.57. The van der Waals surface area contributed by atoms with Gasteiger partial charge in [0.2, 0.25) is 0 Å². The van der Waals surface area contributed by atoms with Gasteiger partial charge in [-0.2, -0.15) is 0 Å². The predicted octanol–water partition coefficient (Wildman–Crippen LogP) is 3.52. The van der Waals surface area contributed by atoms with Crippen LogP contribution >= 0.6 is 22.9 Å². The monoisotopic (exact) mass is 338 g/mol. The molecule has 0 aliphatic carbocycles. The molecule has 3 fully saturated rings. The first-order valence-electron chi connectivity index (χ1n) is 7.52. The smallest absolute Gasteiger partial charge is 0.263 e. The van der Waals surface area contributed by atoms with Crippen molar-refractivity contribution >= 4 is 38.9 Å². The molecule has 3 aliphatic heterocycles. The van der Waals surface area contributed by atoms with E-state index in [2.05, 4.69) is 10.2 Å². The van der Waals surface area contributed by atoms with Gasteiger partial charge in [0.05, 0.1) is 5.02 Å². The molecule has 116 valence electrons. The van der Waals surface area contributed by atoms with Crippen molar-refractivity contribution in [1.82, 2.24) is 10.2 Å². The summed E-state index contributed by atoms with van der Waals surface area (Å²) in [7, 11) is 0. The molecule has 0 radical (unpaired) electrons. The lowest BCUT2D eigenvalue weighted by Gasteiger charge is -2.44. The van der Waals surface area contributed by atoms with E-state index >= 15 is 0 Å². The summed E-state index contributed by atoms with van der Waals surface area (Å²) < 4.78 is 14.0. The maximum absolute atomic E-state index is 13.3. The molecule has 1 atom stereocenters. The first kappa shape index (κ1) is 14.4. The fourth-order valence-electron chi connectivity index (χ4n) is 3.55. The number of benzene rings is 1. The van der Waals surface area contributed by atoms with Crippen molar-refractivity contribution in [2.75, 3.05) is 19.6 Å². The minimum atomic E-state index is -0.310. The van der Waals surface area contributed by atoms with Crippen LogP contribution in [-0.4, -0.2) is 36.5 Å². The Kier molecular flexibility index (Phi) is 3.59. The molecule has 3 saturated heterocycles. The van der Waals surface area contributed by atoms with E-state index < -0.39 is 0 Å². The zero-order valence-corrected chi connectivity index (χ0v) is 13.5. The molecule has 6 heteroatoms. The largest absolute Gasteiger partial charge is 0.347 e. The van der Waals surface area contributed by atoms with E-state index in [1.54, 1.807) is 6.07 Å². The highest BCUT2D eigenvalue weighted by Gasteiger charge is 2.35. The Morgan fingerprint density at radius 1 is 1.36 bits per heavy atom. The highest BCUT2D eigenvalue weighted by molar-refractivity contribution is 7.21. The van der Waals surface area contributed by atoms with Crippen LogP contribution in [0.25, 0.3) is 10.1 Å². The summed E-state index contributed by atoms with van der Waals surface area (Å²) in [5, 5.41) is 4.31. The first-order valence-corrected chi connectivity index (χ1v) is 8.72. The van der Waals surface area contributed by atoms with Gasteiger partial charge >= 0.3 is 0 Å². The number of halogens is 2. The lowest BCUT2D eigenvalue weighted by Crippen LogP contribution is -2.57. The molecule has 1 amide bonds. The van der Waals surface area contributed by atoms with Crippen molar-refractivity contribution in [3.8, 4) is 0 Å². The number of carbonyl (C=O) groups excluding carboxylic acids is 1. The summed E-state index contributed by atoms with van der Waals surface area (Å²) in [5.74, 6) is 0.125. The van der Waals surface area contributed by atoms with Crippen LogP contribution < -0.4 is 5.32 Å². The Bertz CT molecular complexity index is 739. The fraction of sp³-hybridized carbons (Fsp3) is 0.438. The fourth-order valence-corrected chi connectivity index (χ4v) is 4.99. The number of carbonyl (C=O) groups is 1. The molecule has 5 rings (SSSR count). The van der Waals surface area contributed by atoms with Crippen LogP contribution in [0.3, 0.4) is 0 Å². The van der Waals surface area contributed by atoms with Crippen molar-refractivity contribution in [2.45, 2.75) is 18.9 Å². The highest BCUT2D eigenvalue weighted by Crippen LogP contribution is 2.36. The Labute approximate surface area is 137 Å². The van der Waals surface area contributed by atoms with E-state index in [9.17, 15) is 9.18 Å². The number of thiophene rings is 1. The zero-order valence-electron chi connectivity index (χ0n) is 11.9. The van der Waals surface area contributed by atoms with Crippen LogP contribution in [0.1, 0.15) is 22.5 Å². The summed E-state index contributed by atoms with van der Waals surface area (Å²) in [4.78, 5) is 15.4. The normalized spacial score (nSPS) is 27.3. The Morgan fingerprint density at radius 2 is 2.14 bits per heavy atom. The maximum atomic E-state index is 13.3. The summed E-state index contributed by atoms with van der Waals surface area (Å²) in [6.07, 6.45) is 2.30. The summed E-state index contributed by atoms with van der Waals surface area (Å²) in [6.45, 7) is 3.20. The minimum Gasteiger partial charge on any atom is -0.347 e. The average Bonchev–Trinajstić information content (AvgIpc) is 2.85. The van der Waals surface area contributed by atoms with Crippen molar-refractivity contribution in [1.29, 1.82) is 0 Å². The molecule has 3 nitrogen and oxygen atoms in total. The van der Waals surface area contributed by atoms with Crippen molar-refractivity contribution in [3.05, 3.63) is 33.9 Å². The Balaban J connectivity index is 1.59. The second-order valence-electron chi connectivity index (χ2n) is 6.10. The molecular weight excluding hydrogens is 323 g/mol. The Hall–Kier alpha value is -1.17. The van der Waals surface area contributed by atoms with Crippen LogP contribution in [0.15, 0.2) is 18.2 Å². The van der Waals surface area contributed by atoms with Gasteiger partial charge in [-0.1, -0.05) is 11.6 Å². The third-order valence-corrected chi connectivity index (χ3v) is 6.43. The van der Waals surface area contributed by atoms with Gasteiger partial charge < -0.3 is 10.2 Å². The van der Waals surface area contributed by atoms with E-state index in [0.29, 0.717) is 20.5 Å². The molecule has 3 aliphatic rings. The van der Waals surface area contributed by atoms with Gasteiger partial charge in [-0.3, -0.25) is 4.79 Å². The molecule has 2 aromatic rings. The molecule has 1 N–H and O–H groups in total. The van der Waals surface area contributed by atoms with Gasteiger partial charge in [0.15, 0.2) is 0 Å². The van der Waals surface area contributed by atoms with Gasteiger partial charge in [0.1, 0.15) is 10.7 Å². The lowest BCUT2D eigenvalue weighted by molar-refractivity contribution is 0.0623. The van der Waals surface area contributed by atoms with Gasteiger partial charge in [-0.05, 0) is 50.0 Å². The lowest BCUT2D eigenvalue weighted by atomic mass is 9.84. The van der Waals surface area contributed by atoms with Gasteiger partial charge in [0, 0.05) is 22.7 Å². The second kappa shape index (κ2) is 5.48. The number of amides is 1. The number of nitrogens with one attached hydrogen (secondary N) is 1. The van der Waals surface area contributed by atoms with Crippen molar-refractivity contribution < 1.29 is 9.18 Å². The number of hydrogen-bond donors (Lipinski definition) is 1. The highest BCUT2D eigenvalue weighted by atomic mass is 35.5. The van der Waals surface area contributed by atoms with Crippen LogP contribution in [0.2, 0.25) is 5.02 Å². The molecule has 22 heavy (non-hydrogen) atoms.